The third-order valence-corrected chi connectivity index (χ3v) is 10.0. The molecule has 0 N–H and O–H groups in total. The first-order valence-electron chi connectivity index (χ1n) is 8.97. The van der Waals surface area contributed by atoms with Crippen LogP contribution in [0, 0.1) is 5.92 Å². The molecule has 0 unspecified atom stereocenters. The first-order chi connectivity index (χ1) is 11.6. The second-order valence-corrected chi connectivity index (χ2v) is 13.0. The van der Waals surface area contributed by atoms with Crippen LogP contribution in [0.25, 0.3) is 0 Å². The van der Waals surface area contributed by atoms with Gasteiger partial charge in [0.2, 0.25) is 0 Å². The quantitative estimate of drug-likeness (QED) is 0.279. The van der Waals surface area contributed by atoms with Crippen molar-refractivity contribution in [3.8, 4) is 0 Å². The van der Waals surface area contributed by atoms with Crippen LogP contribution in [0.15, 0.2) is 5.16 Å². The highest BCUT2D eigenvalue weighted by Gasteiger charge is 2.48. The number of hydrogen-bond acceptors (Lipinski definition) is 6. The summed E-state index contributed by atoms with van der Waals surface area (Å²) in [6.07, 6.45) is 1.48. The van der Waals surface area contributed by atoms with Crippen LogP contribution in [-0.2, 0) is 23.5 Å². The summed E-state index contributed by atoms with van der Waals surface area (Å²) in [7, 11) is 2.96. The van der Waals surface area contributed by atoms with Gasteiger partial charge in [0.1, 0.15) is 13.9 Å². The lowest BCUT2D eigenvalue weighted by Crippen LogP contribution is -2.57. The molecule has 1 fully saturated rings. The zero-order chi connectivity index (χ0) is 19.3. The van der Waals surface area contributed by atoms with E-state index < -0.39 is 8.32 Å². The molecule has 6 nitrogen and oxygen atoms in total. The molecule has 0 saturated heterocycles. The van der Waals surface area contributed by atoms with Crippen molar-refractivity contribution in [1.82, 2.24) is 0 Å². The van der Waals surface area contributed by atoms with E-state index >= 15 is 0 Å². The average molecular weight is 376 g/mol. The van der Waals surface area contributed by atoms with Crippen molar-refractivity contribution in [2.24, 2.45) is 11.1 Å². The smallest absolute Gasteiger partial charge is 0.192 e. The lowest BCUT2D eigenvalue weighted by molar-refractivity contribution is -0.162. The average Bonchev–Trinajstić information content (AvgIpc) is 2.52. The van der Waals surface area contributed by atoms with Gasteiger partial charge in [-0.2, -0.15) is 0 Å². The van der Waals surface area contributed by atoms with E-state index in [1.807, 2.05) is 6.92 Å². The van der Waals surface area contributed by atoms with Crippen molar-refractivity contribution in [1.29, 1.82) is 0 Å². The molecule has 1 aliphatic carbocycles. The van der Waals surface area contributed by atoms with Gasteiger partial charge in [0.25, 0.3) is 0 Å². The van der Waals surface area contributed by atoms with Crippen LogP contribution in [0.2, 0.25) is 18.1 Å². The van der Waals surface area contributed by atoms with Gasteiger partial charge in [0, 0.05) is 20.1 Å². The van der Waals surface area contributed by atoms with Crippen LogP contribution in [0.5, 0.6) is 0 Å². The van der Waals surface area contributed by atoms with Gasteiger partial charge >= 0.3 is 0 Å². The Bertz CT molecular complexity index is 436. The number of ether oxygens (including phenoxy) is 3. The number of methoxy groups -OCH3 is 2. The zero-order valence-electron chi connectivity index (χ0n) is 17.4. The second-order valence-electron chi connectivity index (χ2n) is 8.25. The third-order valence-electron chi connectivity index (χ3n) is 5.53. The van der Waals surface area contributed by atoms with Crippen molar-refractivity contribution >= 4 is 14.0 Å². The Morgan fingerprint density at radius 2 is 1.72 bits per heavy atom. The van der Waals surface area contributed by atoms with Gasteiger partial charge in [-0.3, -0.25) is 0 Å². The summed E-state index contributed by atoms with van der Waals surface area (Å²) in [6.45, 7) is 13.5. The van der Waals surface area contributed by atoms with Crippen LogP contribution in [0.1, 0.15) is 40.5 Å². The molecule has 25 heavy (non-hydrogen) atoms. The maximum absolute atomic E-state index is 6.75. The minimum Gasteiger partial charge on any atom is -0.409 e. The molecule has 0 aromatic rings. The largest absolute Gasteiger partial charge is 0.409 e. The van der Waals surface area contributed by atoms with E-state index in [-0.39, 0.29) is 36.1 Å². The van der Waals surface area contributed by atoms with Crippen LogP contribution in [0.3, 0.4) is 0 Å². The third kappa shape index (κ3) is 5.75. The van der Waals surface area contributed by atoms with Crippen LogP contribution < -0.4 is 0 Å². The Kier molecular flexibility index (Phi) is 8.54. The molecule has 4 atom stereocenters. The fourth-order valence-corrected chi connectivity index (χ4v) is 4.38. The Hall–Kier alpha value is -0.473. The minimum absolute atomic E-state index is 0.0504. The Labute approximate surface area is 154 Å². The lowest BCUT2D eigenvalue weighted by Gasteiger charge is -2.47. The van der Waals surface area contributed by atoms with Gasteiger partial charge in [-0.1, -0.05) is 25.9 Å². The summed E-state index contributed by atoms with van der Waals surface area (Å²) in [5.41, 5.74) is 0.934. The minimum atomic E-state index is -1.99. The van der Waals surface area contributed by atoms with Gasteiger partial charge in [-0.15, -0.1) is 0 Å². The van der Waals surface area contributed by atoms with Crippen LogP contribution >= 0.6 is 0 Å². The highest BCUT2D eigenvalue weighted by molar-refractivity contribution is 6.74. The van der Waals surface area contributed by atoms with Crippen molar-refractivity contribution in [3.05, 3.63) is 0 Å². The number of rotatable bonds is 8. The Morgan fingerprint density at radius 3 is 2.20 bits per heavy atom. The maximum Gasteiger partial charge on any atom is 0.192 e. The molecular weight excluding hydrogens is 338 g/mol. The second kappa shape index (κ2) is 9.46. The first kappa shape index (κ1) is 22.6. The molecule has 1 rings (SSSR count). The molecule has 0 spiro atoms. The molecule has 1 aliphatic rings. The van der Waals surface area contributed by atoms with Gasteiger partial charge in [0.15, 0.2) is 8.32 Å². The van der Waals surface area contributed by atoms with E-state index in [1.54, 1.807) is 21.3 Å². The standard InChI is InChI=1S/C18H37NO5Si/c1-13(19-22-7)14-10-11-15(23-12-20-5)17(16(14)21-6)24-25(8,9)18(2,3)4/h14-17H,10-12H2,1-9H3/b19-13-/t14-,15+,16-,17-/m1/s1. The number of nitrogens with zero attached hydrogens (tertiary/aromatic N) is 1. The van der Waals surface area contributed by atoms with Crippen LogP contribution in [0.4, 0.5) is 0 Å². The molecular formula is C18H37NO5Si. The van der Waals surface area contributed by atoms with E-state index in [4.69, 9.17) is 23.5 Å². The Balaban J connectivity index is 3.11. The molecule has 1 saturated carbocycles. The van der Waals surface area contributed by atoms with E-state index in [1.165, 1.54) is 0 Å². The molecule has 148 valence electrons. The summed E-state index contributed by atoms with van der Waals surface area (Å²) < 4.78 is 23.7. The SMILES string of the molecule is COCO[C@H]1CC[C@H](/C(C)=N\OC)[C@@H](OC)[C@@H]1O[Si](C)(C)C(C)(C)C. The fraction of sp³-hybridized carbons (Fsp3) is 0.944. The molecule has 0 amide bonds. The first-order valence-corrected chi connectivity index (χ1v) is 11.9. The molecule has 7 heteroatoms. The van der Waals surface area contributed by atoms with E-state index in [0.717, 1.165) is 18.6 Å². The molecule has 0 aliphatic heterocycles. The van der Waals surface area contributed by atoms with Gasteiger partial charge < -0.3 is 23.5 Å². The van der Waals surface area contributed by atoms with Gasteiger partial charge in [0.05, 0.1) is 24.0 Å². The highest BCUT2D eigenvalue weighted by Crippen LogP contribution is 2.41. The zero-order valence-corrected chi connectivity index (χ0v) is 18.4. The van der Waals surface area contributed by atoms with Crippen molar-refractivity contribution in [2.45, 2.75) is 77.0 Å². The fourth-order valence-electron chi connectivity index (χ4n) is 3.06. The molecule has 0 heterocycles. The normalized spacial score (nSPS) is 28.9. The summed E-state index contributed by atoms with van der Waals surface area (Å²) in [4.78, 5) is 4.98. The summed E-state index contributed by atoms with van der Waals surface area (Å²) in [6, 6.07) is 0. The molecule has 0 bridgehead atoms. The summed E-state index contributed by atoms with van der Waals surface area (Å²) in [5.74, 6) is 0.155. The molecule has 0 aromatic carbocycles. The topological polar surface area (TPSA) is 58.5 Å². The van der Waals surface area contributed by atoms with Crippen LogP contribution in [-0.4, -0.2) is 60.5 Å². The van der Waals surface area contributed by atoms with E-state index in [9.17, 15) is 0 Å². The van der Waals surface area contributed by atoms with E-state index in [2.05, 4.69) is 39.0 Å². The predicted molar refractivity (Wildman–Crippen MR) is 102 cm³/mol. The molecule has 0 aromatic heterocycles. The van der Waals surface area contributed by atoms with Crippen molar-refractivity contribution in [2.75, 3.05) is 28.1 Å². The van der Waals surface area contributed by atoms with Gasteiger partial charge in [-0.25, -0.2) is 0 Å². The van der Waals surface area contributed by atoms with Crippen molar-refractivity contribution in [3.63, 3.8) is 0 Å². The van der Waals surface area contributed by atoms with E-state index in [0.29, 0.717) is 0 Å². The summed E-state index contributed by atoms with van der Waals surface area (Å²) in [5, 5.41) is 4.25. The highest BCUT2D eigenvalue weighted by atomic mass is 28.4. The monoisotopic (exact) mass is 375 g/mol. The van der Waals surface area contributed by atoms with Gasteiger partial charge in [-0.05, 0) is 37.9 Å². The van der Waals surface area contributed by atoms with Crippen molar-refractivity contribution < 1.29 is 23.5 Å². The lowest BCUT2D eigenvalue weighted by atomic mass is 9.80. The molecule has 0 radical (unpaired) electrons. The predicted octanol–water partition coefficient (Wildman–Crippen LogP) is 3.81. The summed E-state index contributed by atoms with van der Waals surface area (Å²) >= 11 is 0. The number of hydrogen-bond donors (Lipinski definition) is 0. The Morgan fingerprint density at radius 1 is 1.08 bits per heavy atom. The maximum atomic E-state index is 6.75. The number of oxime groups is 1.